The van der Waals surface area contributed by atoms with Gasteiger partial charge in [-0.05, 0) is 154 Å². The highest BCUT2D eigenvalue weighted by atomic mass is 35.5. The number of ketones is 5. The number of nitrogen functional groups attached to an aromatic ring is 1. The number of benzene rings is 6. The summed E-state index contributed by atoms with van der Waals surface area (Å²) in [6.45, 7) is 4.04. The highest BCUT2D eigenvalue weighted by molar-refractivity contribution is 6.12. The van der Waals surface area contributed by atoms with E-state index in [1.54, 1.807) is 36.4 Å². The number of aliphatic carboxylic acids is 1. The number of rotatable bonds is 16. The van der Waals surface area contributed by atoms with Gasteiger partial charge in [0.15, 0.2) is 28.9 Å². The molecular formula is C64H65ClF3NO8. The number of aromatic hydroxyl groups is 1. The van der Waals surface area contributed by atoms with Gasteiger partial charge in [-0.2, -0.15) is 0 Å². The molecule has 6 aromatic carbocycles. The van der Waals surface area contributed by atoms with Crippen LogP contribution in [0.3, 0.4) is 0 Å². The maximum absolute atomic E-state index is 12.9. The second-order valence-corrected chi connectivity index (χ2v) is 19.9. The van der Waals surface area contributed by atoms with E-state index < -0.39 is 22.2 Å². The number of phenolic OH excluding ortho intramolecular Hbond substituents is 1. The molecule has 6 aromatic rings. The average molecular weight is 1070 g/mol. The average Bonchev–Trinajstić information content (AvgIpc) is 4.34. The molecular weight excluding hydrogens is 1000 g/mol. The van der Waals surface area contributed by atoms with Gasteiger partial charge >= 0.3 is 5.97 Å². The summed E-state index contributed by atoms with van der Waals surface area (Å²) in [7, 11) is 0. The molecule has 10 rings (SSSR count). The van der Waals surface area contributed by atoms with Crippen LogP contribution >= 0.6 is 12.4 Å². The Labute approximate surface area is 454 Å². The molecule has 0 amide bonds. The number of aryl methyl sites for hydroxylation is 2. The van der Waals surface area contributed by atoms with Crippen molar-refractivity contribution in [1.29, 1.82) is 0 Å². The lowest BCUT2D eigenvalue weighted by molar-refractivity contribution is -0.148. The summed E-state index contributed by atoms with van der Waals surface area (Å²) in [6, 6.07) is 39.3. The number of hydrogen-bond acceptors (Lipinski definition) is 8. The fraction of sp³-hybridized carbons (Fsp3) is 0.281. The van der Waals surface area contributed by atoms with E-state index in [9.17, 15) is 47.0 Å². The third kappa shape index (κ3) is 18.0. The summed E-state index contributed by atoms with van der Waals surface area (Å²) in [5, 5.41) is 18.2. The third-order valence-electron chi connectivity index (χ3n) is 13.9. The molecule has 0 spiro atoms. The number of carbonyl (C=O) groups is 6. The number of carbonyl (C=O) groups excluding carboxylic acids is 5. The maximum Gasteiger partial charge on any atom is 0.317 e. The Morgan fingerprint density at radius 2 is 0.636 bits per heavy atom. The summed E-state index contributed by atoms with van der Waals surface area (Å²) in [4.78, 5) is 72.8. The molecule has 0 aromatic heterocycles. The van der Waals surface area contributed by atoms with Crippen molar-refractivity contribution in [3.05, 3.63) is 226 Å². The van der Waals surface area contributed by atoms with Gasteiger partial charge < -0.3 is 15.9 Å². The molecule has 0 radical (unpaired) electrons. The SMILES string of the molecule is C1=CCC=CC1.Cc1ccc(CC(=O)C2(C(=O)Cc3ccc(F)cc3)CC2)cc1.Cc1ccc(N)cc1.Cl.O=C(Cc1ccc(O)cc1)C1(C(=O)Cc2ccc(F)cc2)CC1.O=C(O)C1(C(=O)Cc2ccc(F)cc2)CC1. The van der Waals surface area contributed by atoms with Crippen molar-refractivity contribution in [2.45, 2.75) is 97.3 Å². The Kier molecular flexibility index (Phi) is 21.8. The van der Waals surface area contributed by atoms with Crippen LogP contribution in [0.2, 0.25) is 0 Å². The standard InChI is InChI=1S/C20H19FO2.C19H17FO3.C12H11FO3.C7H9N.C6H8.ClH/c1-14-2-4-15(5-3-14)12-18(22)20(10-11-20)19(23)13-16-6-8-17(21)9-7-16;20-15-5-1-13(2-6-15)11-17(22)19(9-10-19)18(23)12-14-3-7-16(21)8-4-14;13-9-3-1-8(2-4-9)7-10(14)12(5-6-12)11(15)16;1-6-2-4-7(8)5-3-6;1-2-4-6-5-3-1;/h2-9H,10-13H2,1H3;1-8,21H,9-12H2;1-4H,5-7H2,(H,15,16);2-5H,8H2,1H3;1-2,5-6H,3-4H2;1H. The molecule has 0 aliphatic heterocycles. The van der Waals surface area contributed by atoms with Gasteiger partial charge in [-0.3, -0.25) is 28.8 Å². The molecule has 0 heterocycles. The largest absolute Gasteiger partial charge is 0.508 e. The van der Waals surface area contributed by atoms with Crippen molar-refractivity contribution in [2.24, 2.45) is 16.2 Å². The summed E-state index contributed by atoms with van der Waals surface area (Å²) in [6.07, 6.45) is 15.2. The number of nitrogens with two attached hydrogens (primary N) is 1. The molecule has 3 saturated carbocycles. The molecule has 77 heavy (non-hydrogen) atoms. The first kappa shape index (κ1) is 60.2. The van der Waals surface area contributed by atoms with E-state index in [1.165, 1.54) is 66.2 Å². The molecule has 0 saturated heterocycles. The Balaban J connectivity index is 0.000000190. The smallest absolute Gasteiger partial charge is 0.317 e. The van der Waals surface area contributed by atoms with E-state index in [2.05, 4.69) is 24.3 Å². The van der Waals surface area contributed by atoms with Crippen molar-refractivity contribution in [1.82, 2.24) is 0 Å². The van der Waals surface area contributed by atoms with E-state index in [0.717, 1.165) is 46.3 Å². The van der Waals surface area contributed by atoms with E-state index >= 15 is 0 Å². The van der Waals surface area contributed by atoms with E-state index in [1.807, 2.05) is 62.4 Å². The quantitative estimate of drug-likeness (QED) is 0.0485. The molecule has 9 nitrogen and oxygen atoms in total. The molecule has 3 fully saturated rings. The lowest BCUT2D eigenvalue weighted by Crippen LogP contribution is -2.28. The number of phenols is 1. The first-order chi connectivity index (χ1) is 36.3. The van der Waals surface area contributed by atoms with Crippen LogP contribution in [0, 0.1) is 47.5 Å². The normalized spacial score (nSPS) is 15.0. The Morgan fingerprint density at radius 3 is 0.870 bits per heavy atom. The monoisotopic (exact) mass is 1070 g/mol. The van der Waals surface area contributed by atoms with Crippen LogP contribution in [0.15, 0.2) is 170 Å². The zero-order chi connectivity index (χ0) is 54.9. The first-order valence-electron chi connectivity index (χ1n) is 25.4. The number of carboxylic acid groups (broad SMARTS) is 1. The second-order valence-electron chi connectivity index (χ2n) is 19.9. The highest BCUT2D eigenvalue weighted by Gasteiger charge is 2.57. The predicted molar refractivity (Wildman–Crippen MR) is 295 cm³/mol. The van der Waals surface area contributed by atoms with Gasteiger partial charge in [0, 0.05) is 37.8 Å². The zero-order valence-corrected chi connectivity index (χ0v) is 44.1. The van der Waals surface area contributed by atoms with Crippen LogP contribution in [-0.4, -0.2) is 45.1 Å². The lowest BCUT2D eigenvalue weighted by Gasteiger charge is -2.13. The van der Waals surface area contributed by atoms with E-state index in [4.69, 9.17) is 10.8 Å². The van der Waals surface area contributed by atoms with E-state index in [0.29, 0.717) is 50.5 Å². The third-order valence-corrected chi connectivity index (χ3v) is 13.9. The summed E-state index contributed by atoms with van der Waals surface area (Å²) in [5.74, 6) is -2.40. The minimum atomic E-state index is -1.16. The molecule has 4 N–H and O–H groups in total. The summed E-state index contributed by atoms with van der Waals surface area (Å²) >= 11 is 0. The van der Waals surface area contributed by atoms with Gasteiger partial charge in [-0.25, -0.2) is 13.2 Å². The van der Waals surface area contributed by atoms with Crippen LogP contribution in [0.1, 0.15) is 90.3 Å². The van der Waals surface area contributed by atoms with Crippen molar-refractivity contribution in [3.63, 3.8) is 0 Å². The minimum absolute atomic E-state index is 0. The molecule has 0 atom stereocenters. The summed E-state index contributed by atoms with van der Waals surface area (Å²) < 4.78 is 38.5. The number of halogens is 4. The van der Waals surface area contributed by atoms with E-state index in [-0.39, 0.29) is 90.2 Å². The number of Topliss-reactive ketones (excluding diaryl/α,β-unsaturated/α-hetero) is 5. The van der Waals surface area contributed by atoms with Crippen LogP contribution in [0.5, 0.6) is 5.75 Å². The fourth-order valence-electron chi connectivity index (χ4n) is 8.42. The molecule has 402 valence electrons. The van der Waals surface area contributed by atoms with Gasteiger partial charge in [0.05, 0.1) is 10.8 Å². The predicted octanol–water partition coefficient (Wildman–Crippen LogP) is 12.8. The zero-order valence-electron chi connectivity index (χ0n) is 43.3. The lowest BCUT2D eigenvalue weighted by atomic mass is 9.88. The Hall–Kier alpha value is -7.70. The van der Waals surface area contributed by atoms with Gasteiger partial charge in [0.25, 0.3) is 0 Å². The number of allylic oxidation sites excluding steroid dienone is 4. The highest BCUT2D eigenvalue weighted by Crippen LogP contribution is 2.50. The van der Waals surface area contributed by atoms with Crippen LogP contribution in [-0.2, 0) is 60.9 Å². The van der Waals surface area contributed by atoms with Crippen molar-refractivity contribution < 1.29 is 52.2 Å². The first-order valence-corrected chi connectivity index (χ1v) is 25.4. The maximum atomic E-state index is 12.9. The summed E-state index contributed by atoms with van der Waals surface area (Å²) in [5.41, 5.74) is 9.68. The molecule has 0 unspecified atom stereocenters. The number of carboxylic acids is 1. The van der Waals surface area contributed by atoms with Crippen LogP contribution in [0.25, 0.3) is 0 Å². The van der Waals surface area contributed by atoms with Crippen LogP contribution < -0.4 is 5.73 Å². The van der Waals surface area contributed by atoms with Crippen LogP contribution in [0.4, 0.5) is 18.9 Å². The minimum Gasteiger partial charge on any atom is -0.508 e. The molecule has 0 bridgehead atoms. The van der Waals surface area contributed by atoms with Gasteiger partial charge in [0.1, 0.15) is 28.6 Å². The van der Waals surface area contributed by atoms with Crippen molar-refractivity contribution >= 4 is 53.0 Å². The number of hydrogen-bond donors (Lipinski definition) is 3. The molecule has 13 heteroatoms. The Bertz CT molecular complexity index is 2720. The van der Waals surface area contributed by atoms with Gasteiger partial charge in [-0.15, -0.1) is 12.4 Å². The second kappa shape index (κ2) is 27.9. The number of anilines is 1. The topological polar surface area (TPSA) is 169 Å². The van der Waals surface area contributed by atoms with Crippen molar-refractivity contribution in [3.8, 4) is 5.75 Å². The molecule has 4 aliphatic rings. The van der Waals surface area contributed by atoms with Crippen molar-refractivity contribution in [2.75, 3.05) is 5.73 Å². The fourth-order valence-corrected chi connectivity index (χ4v) is 8.42. The van der Waals surface area contributed by atoms with Gasteiger partial charge in [0.2, 0.25) is 0 Å². The van der Waals surface area contributed by atoms with Gasteiger partial charge in [-0.1, -0.05) is 120 Å². The Morgan fingerprint density at radius 1 is 0.403 bits per heavy atom. The molecule has 4 aliphatic carbocycles.